The van der Waals surface area contributed by atoms with Gasteiger partial charge in [0.2, 0.25) is 0 Å². The number of ether oxygens (including phenoxy) is 1. The number of morpholine rings is 1. The number of nitrogens with zero attached hydrogens (tertiary/aromatic N) is 3. The fraction of sp³-hybridized carbons (Fsp3) is 0.474. The fourth-order valence-electron chi connectivity index (χ4n) is 3.45. The Morgan fingerprint density at radius 2 is 1.88 bits per heavy atom. The van der Waals surface area contributed by atoms with Gasteiger partial charge in [0.05, 0.1) is 30.0 Å². The van der Waals surface area contributed by atoms with Crippen molar-refractivity contribution < 1.29 is 9.53 Å². The molecule has 1 saturated heterocycles. The fourth-order valence-corrected chi connectivity index (χ4v) is 3.65. The summed E-state index contributed by atoms with van der Waals surface area (Å²) in [6, 6.07) is 7.70. The second kappa shape index (κ2) is 7.18. The molecule has 2 heterocycles. The summed E-state index contributed by atoms with van der Waals surface area (Å²) >= 11 is 6.26. The van der Waals surface area contributed by atoms with E-state index >= 15 is 0 Å². The summed E-state index contributed by atoms with van der Waals surface area (Å²) < 4.78 is 7.59. The first-order valence-corrected chi connectivity index (χ1v) is 8.96. The van der Waals surface area contributed by atoms with Crippen molar-refractivity contribution in [3.05, 3.63) is 51.8 Å². The molecule has 134 valence electrons. The van der Waals surface area contributed by atoms with Crippen molar-refractivity contribution in [2.45, 2.75) is 46.4 Å². The Morgan fingerprint density at radius 1 is 1.24 bits per heavy atom. The Hall–Kier alpha value is -1.85. The van der Waals surface area contributed by atoms with E-state index < -0.39 is 0 Å². The quantitative estimate of drug-likeness (QED) is 0.841. The van der Waals surface area contributed by atoms with Crippen LogP contribution in [0.15, 0.2) is 24.3 Å². The Morgan fingerprint density at radius 3 is 2.52 bits per heavy atom. The van der Waals surface area contributed by atoms with Gasteiger partial charge in [0.15, 0.2) is 0 Å². The summed E-state index contributed by atoms with van der Waals surface area (Å²) in [7, 11) is 0. The van der Waals surface area contributed by atoms with Crippen molar-refractivity contribution in [2.75, 3.05) is 13.1 Å². The molecule has 1 aromatic heterocycles. The molecule has 1 aromatic carbocycles. The summed E-state index contributed by atoms with van der Waals surface area (Å²) in [5.41, 5.74) is 3.30. The van der Waals surface area contributed by atoms with Crippen molar-refractivity contribution in [1.82, 2.24) is 14.7 Å². The van der Waals surface area contributed by atoms with E-state index in [1.807, 2.05) is 61.5 Å². The molecule has 1 amide bonds. The summed E-state index contributed by atoms with van der Waals surface area (Å²) in [4.78, 5) is 14.9. The number of carbonyl (C=O) groups excluding carboxylic acids is 1. The van der Waals surface area contributed by atoms with Crippen LogP contribution in [0.3, 0.4) is 0 Å². The minimum absolute atomic E-state index is 0.0300. The molecular formula is C19H24ClN3O2. The minimum Gasteiger partial charge on any atom is -0.372 e. The molecule has 0 unspecified atom stereocenters. The average Bonchev–Trinajstić information content (AvgIpc) is 2.82. The van der Waals surface area contributed by atoms with E-state index in [-0.39, 0.29) is 18.1 Å². The van der Waals surface area contributed by atoms with Crippen molar-refractivity contribution in [2.24, 2.45) is 0 Å². The van der Waals surface area contributed by atoms with Crippen LogP contribution in [0.25, 0.3) is 0 Å². The van der Waals surface area contributed by atoms with Gasteiger partial charge in [-0.05, 0) is 39.3 Å². The molecule has 0 radical (unpaired) electrons. The molecule has 2 atom stereocenters. The van der Waals surface area contributed by atoms with Gasteiger partial charge in [0.25, 0.3) is 5.91 Å². The van der Waals surface area contributed by atoms with Gasteiger partial charge in [0, 0.05) is 23.8 Å². The number of carbonyl (C=O) groups is 1. The number of hydrogen-bond acceptors (Lipinski definition) is 3. The molecule has 3 rings (SSSR count). The van der Waals surface area contributed by atoms with Crippen molar-refractivity contribution >= 4 is 17.5 Å². The molecule has 0 saturated carbocycles. The van der Waals surface area contributed by atoms with Gasteiger partial charge in [-0.1, -0.05) is 29.8 Å². The highest BCUT2D eigenvalue weighted by atomic mass is 35.5. The topological polar surface area (TPSA) is 47.4 Å². The minimum atomic E-state index is 0.0300. The standard InChI is InChI=1S/C19H24ClN3O2/c1-12-9-22(10-13(2)25-12)19(24)18-14(3)21-23(15(18)4)11-16-7-5-6-8-17(16)20/h5-8,12-13H,9-11H2,1-4H3/t12-,13-/m0/s1. The number of aryl methyl sites for hydroxylation is 1. The third-order valence-corrected chi connectivity index (χ3v) is 4.95. The van der Waals surface area contributed by atoms with Crippen molar-refractivity contribution in [3.8, 4) is 0 Å². The zero-order chi connectivity index (χ0) is 18.1. The Kier molecular flexibility index (Phi) is 5.16. The number of halogens is 1. The van der Waals surface area contributed by atoms with E-state index in [1.165, 1.54) is 0 Å². The second-order valence-electron chi connectivity index (χ2n) is 6.76. The molecule has 0 bridgehead atoms. The van der Waals surface area contributed by atoms with Crippen LogP contribution in [-0.2, 0) is 11.3 Å². The third kappa shape index (κ3) is 3.72. The van der Waals surface area contributed by atoms with Crippen LogP contribution in [0.5, 0.6) is 0 Å². The van der Waals surface area contributed by atoms with E-state index in [0.29, 0.717) is 30.2 Å². The Bertz CT molecular complexity index is 777. The number of benzene rings is 1. The molecule has 1 aliphatic heterocycles. The second-order valence-corrected chi connectivity index (χ2v) is 7.17. The van der Waals surface area contributed by atoms with E-state index in [2.05, 4.69) is 5.10 Å². The van der Waals surface area contributed by atoms with Crippen LogP contribution >= 0.6 is 11.6 Å². The molecule has 0 spiro atoms. The van der Waals surface area contributed by atoms with E-state index in [1.54, 1.807) is 0 Å². The van der Waals surface area contributed by atoms with Gasteiger partial charge in [-0.3, -0.25) is 9.48 Å². The summed E-state index contributed by atoms with van der Waals surface area (Å²) in [5, 5.41) is 5.29. The van der Waals surface area contributed by atoms with Crippen LogP contribution in [0, 0.1) is 13.8 Å². The number of aromatic nitrogens is 2. The third-order valence-electron chi connectivity index (χ3n) is 4.58. The monoisotopic (exact) mass is 361 g/mol. The van der Waals surface area contributed by atoms with E-state index in [4.69, 9.17) is 16.3 Å². The molecule has 0 N–H and O–H groups in total. The molecule has 25 heavy (non-hydrogen) atoms. The number of amides is 1. The number of rotatable bonds is 3. The van der Waals surface area contributed by atoms with E-state index in [9.17, 15) is 4.79 Å². The predicted molar refractivity (Wildman–Crippen MR) is 98.2 cm³/mol. The molecule has 0 aliphatic carbocycles. The maximum absolute atomic E-state index is 13.1. The largest absolute Gasteiger partial charge is 0.372 e. The first-order valence-electron chi connectivity index (χ1n) is 8.59. The van der Waals surface area contributed by atoms with Crippen molar-refractivity contribution in [3.63, 3.8) is 0 Å². The van der Waals surface area contributed by atoms with Gasteiger partial charge in [-0.25, -0.2) is 0 Å². The normalized spacial score (nSPS) is 20.8. The summed E-state index contributed by atoms with van der Waals surface area (Å²) in [5.74, 6) is 0.0300. The van der Waals surface area contributed by atoms with Gasteiger partial charge in [-0.15, -0.1) is 0 Å². The lowest BCUT2D eigenvalue weighted by atomic mass is 10.1. The molecular weight excluding hydrogens is 338 g/mol. The van der Waals surface area contributed by atoms with Crippen LogP contribution in [0.4, 0.5) is 0 Å². The molecule has 5 nitrogen and oxygen atoms in total. The summed E-state index contributed by atoms with van der Waals surface area (Å²) in [6.07, 6.45) is 0.0953. The molecule has 1 aliphatic rings. The maximum Gasteiger partial charge on any atom is 0.257 e. The SMILES string of the molecule is Cc1nn(Cc2ccccc2Cl)c(C)c1C(=O)N1C[C@H](C)O[C@@H](C)C1. The van der Waals surface area contributed by atoms with E-state index in [0.717, 1.165) is 17.0 Å². The highest BCUT2D eigenvalue weighted by Crippen LogP contribution is 2.22. The highest BCUT2D eigenvalue weighted by Gasteiger charge is 2.30. The highest BCUT2D eigenvalue weighted by molar-refractivity contribution is 6.31. The summed E-state index contributed by atoms with van der Waals surface area (Å²) in [6.45, 7) is 9.59. The van der Waals surface area contributed by atoms with Gasteiger partial charge < -0.3 is 9.64 Å². The Labute approximate surface area is 153 Å². The lowest BCUT2D eigenvalue weighted by Crippen LogP contribution is -2.48. The smallest absolute Gasteiger partial charge is 0.257 e. The zero-order valence-electron chi connectivity index (χ0n) is 15.1. The first-order chi connectivity index (χ1) is 11.9. The number of hydrogen-bond donors (Lipinski definition) is 0. The Balaban J connectivity index is 1.87. The lowest BCUT2D eigenvalue weighted by Gasteiger charge is -2.35. The lowest BCUT2D eigenvalue weighted by molar-refractivity contribution is -0.0586. The average molecular weight is 362 g/mol. The predicted octanol–water partition coefficient (Wildman–Crippen LogP) is 3.45. The van der Waals surface area contributed by atoms with Gasteiger partial charge >= 0.3 is 0 Å². The van der Waals surface area contributed by atoms with Crippen LogP contribution in [0.2, 0.25) is 5.02 Å². The van der Waals surface area contributed by atoms with Crippen LogP contribution in [0.1, 0.15) is 41.2 Å². The molecule has 1 fully saturated rings. The van der Waals surface area contributed by atoms with Crippen LogP contribution < -0.4 is 0 Å². The molecule has 6 heteroatoms. The van der Waals surface area contributed by atoms with Crippen molar-refractivity contribution in [1.29, 1.82) is 0 Å². The maximum atomic E-state index is 13.1. The van der Waals surface area contributed by atoms with Crippen LogP contribution in [-0.4, -0.2) is 45.9 Å². The molecule has 2 aromatic rings. The first kappa shape index (κ1) is 18.0. The van der Waals surface area contributed by atoms with Gasteiger partial charge in [0.1, 0.15) is 0 Å². The zero-order valence-corrected chi connectivity index (χ0v) is 15.9. The van der Waals surface area contributed by atoms with Gasteiger partial charge in [-0.2, -0.15) is 5.10 Å².